The summed E-state index contributed by atoms with van der Waals surface area (Å²) in [5.41, 5.74) is 5.18. The molecule has 0 spiro atoms. The summed E-state index contributed by atoms with van der Waals surface area (Å²) in [7, 11) is 0. The lowest BCUT2D eigenvalue weighted by atomic mass is 10.2. The fourth-order valence-electron chi connectivity index (χ4n) is 0.929. The Bertz CT molecular complexity index is 137. The normalized spacial score (nSPS) is 12.8. The summed E-state index contributed by atoms with van der Waals surface area (Å²) in [6, 6.07) is 0. The first-order chi connectivity index (χ1) is 6.20. The standard InChI is InChI=1S/C10H21NO2/c1-3-9(2)13-7-5-4-6-10(12)8-11/h9H,3-8,11H2,1-2H3. The Morgan fingerprint density at radius 2 is 2.15 bits per heavy atom. The predicted octanol–water partition coefficient (Wildman–Crippen LogP) is 1.50. The highest BCUT2D eigenvalue weighted by Gasteiger charge is 2.00. The largest absolute Gasteiger partial charge is 0.379 e. The predicted molar refractivity (Wildman–Crippen MR) is 53.6 cm³/mol. The number of ether oxygens (including phenoxy) is 1. The minimum Gasteiger partial charge on any atom is -0.379 e. The number of rotatable bonds is 8. The first-order valence-corrected chi connectivity index (χ1v) is 5.04. The van der Waals surface area contributed by atoms with Crippen molar-refractivity contribution in [1.82, 2.24) is 0 Å². The van der Waals surface area contributed by atoms with Crippen LogP contribution in [-0.4, -0.2) is 25.0 Å². The van der Waals surface area contributed by atoms with Gasteiger partial charge in [0, 0.05) is 13.0 Å². The quantitative estimate of drug-likeness (QED) is 0.586. The molecular weight excluding hydrogens is 166 g/mol. The number of carbonyl (C=O) groups excluding carboxylic acids is 1. The van der Waals surface area contributed by atoms with Crippen LogP contribution in [0, 0.1) is 0 Å². The molecule has 0 rings (SSSR count). The molecule has 0 aromatic rings. The first-order valence-electron chi connectivity index (χ1n) is 5.04. The molecule has 0 aromatic carbocycles. The van der Waals surface area contributed by atoms with Crippen LogP contribution in [0.4, 0.5) is 0 Å². The van der Waals surface area contributed by atoms with Crippen molar-refractivity contribution in [1.29, 1.82) is 0 Å². The van der Waals surface area contributed by atoms with Crippen LogP contribution in [0.2, 0.25) is 0 Å². The molecule has 13 heavy (non-hydrogen) atoms. The summed E-state index contributed by atoms with van der Waals surface area (Å²) in [6.07, 6.45) is 3.83. The molecule has 78 valence electrons. The van der Waals surface area contributed by atoms with Gasteiger partial charge in [-0.25, -0.2) is 0 Å². The van der Waals surface area contributed by atoms with Gasteiger partial charge in [0.05, 0.1) is 12.6 Å². The molecular formula is C10H21NO2. The molecule has 0 radical (unpaired) electrons. The van der Waals surface area contributed by atoms with Gasteiger partial charge in [-0.05, 0) is 26.2 Å². The van der Waals surface area contributed by atoms with Gasteiger partial charge in [0.1, 0.15) is 5.78 Å². The smallest absolute Gasteiger partial charge is 0.146 e. The van der Waals surface area contributed by atoms with Crippen molar-refractivity contribution >= 4 is 5.78 Å². The van der Waals surface area contributed by atoms with E-state index in [2.05, 4.69) is 13.8 Å². The molecule has 0 bridgehead atoms. The number of carbonyl (C=O) groups is 1. The lowest BCUT2D eigenvalue weighted by Crippen LogP contribution is -2.13. The van der Waals surface area contributed by atoms with Gasteiger partial charge in [-0.1, -0.05) is 6.92 Å². The Balaban J connectivity index is 3.12. The van der Waals surface area contributed by atoms with E-state index in [-0.39, 0.29) is 12.3 Å². The Hall–Kier alpha value is -0.410. The van der Waals surface area contributed by atoms with Crippen molar-refractivity contribution in [2.24, 2.45) is 5.73 Å². The van der Waals surface area contributed by atoms with Crippen LogP contribution >= 0.6 is 0 Å². The monoisotopic (exact) mass is 187 g/mol. The molecule has 3 nitrogen and oxygen atoms in total. The number of nitrogens with two attached hydrogens (primary N) is 1. The van der Waals surface area contributed by atoms with E-state index >= 15 is 0 Å². The lowest BCUT2D eigenvalue weighted by Gasteiger charge is -2.09. The van der Waals surface area contributed by atoms with E-state index in [0.717, 1.165) is 25.9 Å². The average molecular weight is 187 g/mol. The highest BCUT2D eigenvalue weighted by molar-refractivity contribution is 5.80. The third kappa shape index (κ3) is 7.94. The number of hydrogen-bond acceptors (Lipinski definition) is 3. The van der Waals surface area contributed by atoms with Gasteiger partial charge in [0.25, 0.3) is 0 Å². The third-order valence-electron chi connectivity index (χ3n) is 2.05. The molecule has 0 aliphatic heterocycles. The van der Waals surface area contributed by atoms with E-state index in [0.29, 0.717) is 12.5 Å². The van der Waals surface area contributed by atoms with E-state index in [1.165, 1.54) is 0 Å². The summed E-state index contributed by atoms with van der Waals surface area (Å²) in [5, 5.41) is 0. The van der Waals surface area contributed by atoms with Crippen molar-refractivity contribution in [3.8, 4) is 0 Å². The van der Waals surface area contributed by atoms with Crippen LogP contribution in [-0.2, 0) is 9.53 Å². The number of Topliss-reactive ketones (excluding diaryl/α,β-unsaturated/α-hetero) is 1. The SMILES string of the molecule is CCC(C)OCCCCC(=O)CN. The average Bonchev–Trinajstić information content (AvgIpc) is 2.16. The van der Waals surface area contributed by atoms with Gasteiger partial charge in [-0.3, -0.25) is 4.79 Å². The fourth-order valence-corrected chi connectivity index (χ4v) is 0.929. The molecule has 3 heteroatoms. The fraction of sp³-hybridized carbons (Fsp3) is 0.900. The van der Waals surface area contributed by atoms with Crippen LogP contribution in [0.3, 0.4) is 0 Å². The highest BCUT2D eigenvalue weighted by Crippen LogP contribution is 2.00. The molecule has 0 aromatic heterocycles. The van der Waals surface area contributed by atoms with E-state index in [1.54, 1.807) is 0 Å². The maximum Gasteiger partial charge on any atom is 0.146 e. The van der Waals surface area contributed by atoms with Crippen molar-refractivity contribution in [2.75, 3.05) is 13.2 Å². The summed E-state index contributed by atoms with van der Waals surface area (Å²) in [6.45, 7) is 5.09. The van der Waals surface area contributed by atoms with Crippen molar-refractivity contribution in [3.05, 3.63) is 0 Å². The Morgan fingerprint density at radius 1 is 1.46 bits per heavy atom. The molecule has 1 atom stereocenters. The Kier molecular flexibility index (Phi) is 7.94. The molecule has 0 saturated heterocycles. The number of ketones is 1. The molecule has 1 unspecified atom stereocenters. The van der Waals surface area contributed by atoms with Crippen LogP contribution in [0.1, 0.15) is 39.5 Å². The lowest BCUT2D eigenvalue weighted by molar-refractivity contribution is -0.117. The summed E-state index contributed by atoms with van der Waals surface area (Å²) >= 11 is 0. The maximum absolute atomic E-state index is 10.8. The Labute approximate surface area is 80.6 Å². The minimum absolute atomic E-state index is 0.142. The first kappa shape index (κ1) is 12.6. The van der Waals surface area contributed by atoms with E-state index in [9.17, 15) is 4.79 Å². The zero-order valence-electron chi connectivity index (χ0n) is 8.71. The van der Waals surface area contributed by atoms with Crippen molar-refractivity contribution < 1.29 is 9.53 Å². The van der Waals surface area contributed by atoms with Crippen LogP contribution in [0.15, 0.2) is 0 Å². The number of hydrogen-bond donors (Lipinski definition) is 1. The van der Waals surface area contributed by atoms with E-state index in [1.807, 2.05) is 0 Å². The maximum atomic E-state index is 10.8. The van der Waals surface area contributed by atoms with Gasteiger partial charge in [-0.15, -0.1) is 0 Å². The van der Waals surface area contributed by atoms with Crippen LogP contribution in [0.5, 0.6) is 0 Å². The van der Waals surface area contributed by atoms with Gasteiger partial charge < -0.3 is 10.5 Å². The van der Waals surface area contributed by atoms with Gasteiger partial charge in [0.15, 0.2) is 0 Å². The highest BCUT2D eigenvalue weighted by atomic mass is 16.5. The topological polar surface area (TPSA) is 52.3 Å². The van der Waals surface area contributed by atoms with E-state index < -0.39 is 0 Å². The summed E-state index contributed by atoms with van der Waals surface area (Å²) < 4.78 is 5.46. The van der Waals surface area contributed by atoms with E-state index in [4.69, 9.17) is 10.5 Å². The molecule has 2 N–H and O–H groups in total. The second-order valence-electron chi connectivity index (χ2n) is 3.29. The molecule has 0 aliphatic carbocycles. The Morgan fingerprint density at radius 3 is 2.69 bits per heavy atom. The molecule has 0 saturated carbocycles. The van der Waals surface area contributed by atoms with Gasteiger partial charge >= 0.3 is 0 Å². The zero-order chi connectivity index (χ0) is 10.1. The summed E-state index contributed by atoms with van der Waals surface area (Å²) in [4.78, 5) is 10.8. The van der Waals surface area contributed by atoms with Crippen LogP contribution < -0.4 is 5.73 Å². The molecule has 0 amide bonds. The van der Waals surface area contributed by atoms with Crippen LogP contribution in [0.25, 0.3) is 0 Å². The molecule has 0 heterocycles. The number of unbranched alkanes of at least 4 members (excludes halogenated alkanes) is 1. The van der Waals surface area contributed by atoms with Gasteiger partial charge in [-0.2, -0.15) is 0 Å². The second-order valence-corrected chi connectivity index (χ2v) is 3.29. The van der Waals surface area contributed by atoms with Crippen molar-refractivity contribution in [2.45, 2.75) is 45.6 Å². The summed E-state index contributed by atoms with van der Waals surface area (Å²) in [5.74, 6) is 0.142. The second kappa shape index (κ2) is 8.20. The molecule has 0 fully saturated rings. The minimum atomic E-state index is 0.142. The van der Waals surface area contributed by atoms with Crippen molar-refractivity contribution in [3.63, 3.8) is 0 Å². The third-order valence-corrected chi connectivity index (χ3v) is 2.05. The van der Waals surface area contributed by atoms with Gasteiger partial charge in [0.2, 0.25) is 0 Å². The molecule has 0 aliphatic rings. The zero-order valence-corrected chi connectivity index (χ0v) is 8.71.